The number of hydrogen-bond acceptors (Lipinski definition) is 2. The van der Waals surface area contributed by atoms with Crippen LogP contribution in [0.5, 0.6) is 0 Å². The van der Waals surface area contributed by atoms with Crippen LogP contribution in [-0.4, -0.2) is 16.0 Å². The standard InChI is InChI=1S/C13H11ClN2O2/c1-8-10(5-6-15-18)11-4-3-9(14)7-12(11)16(2)13(8)17/h3-7,18H,1H2,2H3/p+1/b10-5+,15-6+. The number of halogens is 1. The molecule has 18 heavy (non-hydrogen) atoms. The van der Waals surface area contributed by atoms with E-state index < -0.39 is 0 Å². The van der Waals surface area contributed by atoms with Crippen molar-refractivity contribution < 1.29 is 10.4 Å². The highest BCUT2D eigenvalue weighted by atomic mass is 35.5. The van der Waals surface area contributed by atoms with Crippen LogP contribution in [0.15, 0.2) is 23.0 Å². The van der Waals surface area contributed by atoms with E-state index >= 15 is 0 Å². The van der Waals surface area contributed by atoms with Gasteiger partial charge in [0.15, 0.2) is 0 Å². The van der Waals surface area contributed by atoms with Crippen molar-refractivity contribution in [2.75, 3.05) is 0 Å². The van der Waals surface area contributed by atoms with E-state index in [1.807, 2.05) is 11.2 Å². The normalized spacial score (nSPS) is 12.7. The first-order valence-electron chi connectivity index (χ1n) is 5.26. The molecule has 2 aromatic rings. The van der Waals surface area contributed by atoms with Gasteiger partial charge in [0.05, 0.1) is 5.52 Å². The predicted molar refractivity (Wildman–Crippen MR) is 72.2 cm³/mol. The summed E-state index contributed by atoms with van der Waals surface area (Å²) in [6.45, 7) is 3.78. The van der Waals surface area contributed by atoms with Crippen molar-refractivity contribution in [3.05, 3.63) is 44.0 Å². The molecule has 0 amide bonds. The number of benzene rings is 1. The Bertz CT molecular complexity index is 806. The van der Waals surface area contributed by atoms with Crippen LogP contribution in [0.25, 0.3) is 23.6 Å². The largest absolute Gasteiger partial charge is 0.311 e. The zero-order valence-corrected chi connectivity index (χ0v) is 10.5. The van der Waals surface area contributed by atoms with Crippen LogP contribution in [0, 0.1) is 0 Å². The van der Waals surface area contributed by atoms with Crippen LogP contribution in [0.4, 0.5) is 0 Å². The van der Waals surface area contributed by atoms with Crippen LogP contribution < -0.4 is 21.2 Å². The first-order valence-corrected chi connectivity index (χ1v) is 5.64. The number of pyridine rings is 1. The van der Waals surface area contributed by atoms with E-state index in [1.54, 1.807) is 25.3 Å². The molecule has 0 aliphatic heterocycles. The lowest BCUT2D eigenvalue weighted by atomic mass is 10.1. The summed E-state index contributed by atoms with van der Waals surface area (Å²) in [5.74, 6) is 0. The Kier molecular flexibility index (Phi) is 3.21. The lowest BCUT2D eigenvalue weighted by molar-refractivity contribution is -0.733. The van der Waals surface area contributed by atoms with Crippen molar-refractivity contribution in [1.82, 2.24) is 4.57 Å². The fraction of sp³-hybridized carbons (Fsp3) is 0.0769. The van der Waals surface area contributed by atoms with Crippen LogP contribution in [0.3, 0.4) is 0 Å². The van der Waals surface area contributed by atoms with E-state index in [1.165, 1.54) is 10.8 Å². The Hall–Kier alpha value is -2.07. The van der Waals surface area contributed by atoms with Gasteiger partial charge in [0, 0.05) is 34.0 Å². The van der Waals surface area contributed by atoms with Crippen LogP contribution in [0.1, 0.15) is 0 Å². The average Bonchev–Trinajstić information content (AvgIpc) is 2.37. The van der Waals surface area contributed by atoms with Crippen molar-refractivity contribution in [2.24, 2.45) is 7.05 Å². The number of fused-ring (bicyclic) bond motifs is 1. The number of rotatable bonds is 1. The maximum atomic E-state index is 12.0. The van der Waals surface area contributed by atoms with Crippen LogP contribution in [0.2, 0.25) is 5.02 Å². The molecule has 0 unspecified atom stereocenters. The number of hydrogen-bond donors (Lipinski definition) is 2. The number of nitrogens with zero attached hydrogens (tertiary/aromatic N) is 1. The Balaban J connectivity index is 3.12. The molecular formula is C13H12ClN2O2+. The van der Waals surface area contributed by atoms with Crippen molar-refractivity contribution in [2.45, 2.75) is 0 Å². The number of nitrogens with one attached hydrogen (secondary N) is 1. The quantitative estimate of drug-likeness (QED) is 0.391. The van der Waals surface area contributed by atoms with Gasteiger partial charge in [0.1, 0.15) is 0 Å². The van der Waals surface area contributed by atoms with E-state index in [-0.39, 0.29) is 5.56 Å². The molecule has 1 aromatic carbocycles. The predicted octanol–water partition coefficient (Wildman–Crippen LogP) is -1.08. The second-order valence-electron chi connectivity index (χ2n) is 3.88. The molecule has 2 rings (SSSR count). The van der Waals surface area contributed by atoms with E-state index in [0.717, 1.165) is 10.9 Å². The Labute approximate surface area is 108 Å². The monoisotopic (exact) mass is 263 g/mol. The maximum Gasteiger partial charge on any atom is 0.258 e. The fourth-order valence-electron chi connectivity index (χ4n) is 1.91. The molecule has 1 heterocycles. The fourth-order valence-corrected chi connectivity index (χ4v) is 2.08. The summed E-state index contributed by atoms with van der Waals surface area (Å²) in [6, 6.07) is 5.29. The minimum atomic E-state index is -0.192. The summed E-state index contributed by atoms with van der Waals surface area (Å²) in [6.07, 6.45) is 2.93. The van der Waals surface area contributed by atoms with E-state index in [0.29, 0.717) is 15.5 Å². The molecule has 2 N–H and O–H groups in total. The van der Waals surface area contributed by atoms with Gasteiger partial charge < -0.3 is 4.57 Å². The molecule has 0 fully saturated rings. The van der Waals surface area contributed by atoms with Crippen LogP contribution >= 0.6 is 11.6 Å². The van der Waals surface area contributed by atoms with Gasteiger partial charge in [-0.05, 0) is 17.3 Å². The van der Waals surface area contributed by atoms with Crippen molar-refractivity contribution in [3.8, 4) is 0 Å². The molecule has 4 nitrogen and oxygen atoms in total. The molecule has 0 aliphatic rings. The van der Waals surface area contributed by atoms with Gasteiger partial charge in [-0.2, -0.15) is 0 Å². The van der Waals surface area contributed by atoms with Gasteiger partial charge >= 0.3 is 0 Å². The first-order chi connectivity index (χ1) is 8.56. The smallest absolute Gasteiger partial charge is 0.258 e. The minimum Gasteiger partial charge on any atom is -0.311 e. The molecule has 5 heteroatoms. The molecule has 0 atom stereocenters. The third-order valence-electron chi connectivity index (χ3n) is 2.82. The highest BCUT2D eigenvalue weighted by Crippen LogP contribution is 2.14. The summed E-state index contributed by atoms with van der Waals surface area (Å²) < 4.78 is 1.51. The van der Waals surface area contributed by atoms with Crippen molar-refractivity contribution in [1.29, 1.82) is 0 Å². The van der Waals surface area contributed by atoms with Gasteiger partial charge in [-0.3, -0.25) is 10.0 Å². The third kappa shape index (κ3) is 1.91. The first kappa shape index (κ1) is 12.4. The molecule has 0 radical (unpaired) electrons. The summed E-state index contributed by atoms with van der Waals surface area (Å²) in [4.78, 5) is 12.0. The summed E-state index contributed by atoms with van der Waals surface area (Å²) in [5.41, 5.74) is 0.528. The maximum absolute atomic E-state index is 12.0. The number of aromatic nitrogens is 1. The van der Waals surface area contributed by atoms with E-state index in [2.05, 4.69) is 6.58 Å². The number of aryl methyl sites for hydroxylation is 1. The summed E-state index contributed by atoms with van der Waals surface area (Å²) >= 11 is 5.94. The minimum absolute atomic E-state index is 0.192. The lowest BCUT2D eigenvalue weighted by Crippen LogP contribution is -2.64. The zero-order valence-electron chi connectivity index (χ0n) is 9.77. The van der Waals surface area contributed by atoms with E-state index in [4.69, 9.17) is 16.8 Å². The summed E-state index contributed by atoms with van der Waals surface area (Å²) in [7, 11) is 1.67. The Morgan fingerprint density at radius 1 is 1.50 bits per heavy atom. The molecule has 0 spiro atoms. The molecule has 0 saturated carbocycles. The Morgan fingerprint density at radius 2 is 2.22 bits per heavy atom. The van der Waals surface area contributed by atoms with Gasteiger partial charge in [-0.25, -0.2) is 0 Å². The van der Waals surface area contributed by atoms with Crippen LogP contribution in [-0.2, 0) is 7.05 Å². The highest BCUT2D eigenvalue weighted by Gasteiger charge is 2.04. The van der Waals surface area contributed by atoms with Gasteiger partial charge in [-0.15, -0.1) is 0 Å². The lowest BCUT2D eigenvalue weighted by Gasteiger charge is -2.06. The van der Waals surface area contributed by atoms with Gasteiger partial charge in [0.25, 0.3) is 5.56 Å². The van der Waals surface area contributed by atoms with Crippen molar-refractivity contribution in [3.63, 3.8) is 0 Å². The molecule has 0 saturated heterocycles. The molecular weight excluding hydrogens is 252 g/mol. The highest BCUT2D eigenvalue weighted by molar-refractivity contribution is 6.31. The van der Waals surface area contributed by atoms with E-state index in [9.17, 15) is 4.79 Å². The molecule has 0 bridgehead atoms. The third-order valence-corrected chi connectivity index (χ3v) is 3.06. The van der Waals surface area contributed by atoms with Gasteiger partial charge in [0.2, 0.25) is 6.21 Å². The zero-order chi connectivity index (χ0) is 13.3. The molecule has 1 aromatic heterocycles. The molecule has 0 aliphatic carbocycles. The Morgan fingerprint density at radius 3 is 2.89 bits per heavy atom. The second-order valence-corrected chi connectivity index (χ2v) is 4.32. The topological polar surface area (TPSA) is 56.2 Å². The van der Waals surface area contributed by atoms with Gasteiger partial charge in [-0.1, -0.05) is 24.2 Å². The van der Waals surface area contributed by atoms with Crippen molar-refractivity contribution >= 4 is 41.4 Å². The SMILES string of the molecule is C=c1c(=O)n(C)c2cc(Cl)ccc2/c1=C/C=[NH+]/O. The second kappa shape index (κ2) is 4.66. The average molecular weight is 264 g/mol. The molecule has 92 valence electrons. The summed E-state index contributed by atoms with van der Waals surface area (Å²) in [5, 5.41) is 12.9.